The second kappa shape index (κ2) is 5.56. The van der Waals surface area contributed by atoms with E-state index < -0.39 is 10.0 Å². The number of hydrogen-bond donors (Lipinski definition) is 1. The molecular weight excluding hydrogens is 284 g/mol. The number of rotatable bonds is 3. The zero-order valence-corrected chi connectivity index (χ0v) is 12.2. The van der Waals surface area contributed by atoms with Crippen molar-refractivity contribution >= 4 is 21.4 Å². The highest BCUT2D eigenvalue weighted by molar-refractivity contribution is 7.91. The van der Waals surface area contributed by atoms with Crippen LogP contribution in [0.5, 0.6) is 0 Å². The minimum absolute atomic E-state index is 0.212. The second-order valence-corrected chi connectivity index (χ2v) is 7.70. The van der Waals surface area contributed by atoms with E-state index in [0.29, 0.717) is 31.1 Å². The summed E-state index contributed by atoms with van der Waals surface area (Å²) in [6.07, 6.45) is 0. The van der Waals surface area contributed by atoms with E-state index >= 15 is 0 Å². The molecule has 2 rings (SSSR count). The Morgan fingerprint density at radius 3 is 2.84 bits per heavy atom. The third-order valence-electron chi connectivity index (χ3n) is 3.16. The fourth-order valence-corrected chi connectivity index (χ4v) is 4.99. The molecule has 0 amide bonds. The van der Waals surface area contributed by atoms with Gasteiger partial charge in [0, 0.05) is 26.2 Å². The summed E-state index contributed by atoms with van der Waals surface area (Å²) in [6.45, 7) is 2.04. The quantitative estimate of drug-likeness (QED) is 0.840. The molecule has 2 N–H and O–H groups in total. The Bertz CT molecular complexity index is 590. The molecule has 6 nitrogen and oxygen atoms in total. The molecule has 104 valence electrons. The Morgan fingerprint density at radius 1 is 1.53 bits per heavy atom. The molecule has 1 unspecified atom stereocenters. The maximum atomic E-state index is 12.5. The lowest BCUT2D eigenvalue weighted by atomic mass is 10.2. The fraction of sp³-hybridized carbons (Fsp3) is 0.545. The van der Waals surface area contributed by atoms with E-state index in [1.165, 1.54) is 16.4 Å². The van der Waals surface area contributed by atoms with E-state index in [9.17, 15) is 8.42 Å². The van der Waals surface area contributed by atoms with Gasteiger partial charge in [-0.05, 0) is 19.2 Å². The number of piperazine rings is 1. The highest BCUT2D eigenvalue weighted by atomic mass is 32.2. The number of nitrogens with zero attached hydrogens (tertiary/aromatic N) is 3. The lowest BCUT2D eigenvalue weighted by Crippen LogP contribution is -2.56. The fourth-order valence-electron chi connectivity index (χ4n) is 2.14. The number of nitriles is 1. The molecule has 0 saturated carbocycles. The third kappa shape index (κ3) is 2.80. The van der Waals surface area contributed by atoms with Gasteiger partial charge in [0.15, 0.2) is 0 Å². The van der Waals surface area contributed by atoms with Gasteiger partial charge in [-0.1, -0.05) is 0 Å². The lowest BCUT2D eigenvalue weighted by molar-refractivity contribution is 0.164. The molecule has 1 aromatic heterocycles. The molecule has 0 aromatic carbocycles. The van der Waals surface area contributed by atoms with Crippen LogP contribution in [0.4, 0.5) is 0 Å². The number of nitrogens with two attached hydrogens (primary N) is 1. The van der Waals surface area contributed by atoms with Crippen molar-refractivity contribution in [2.75, 3.05) is 33.2 Å². The first kappa shape index (κ1) is 14.4. The SMILES string of the molecule is CN1CCN(S(=O)(=O)c2ccc(C#N)s2)C(CN)C1. The standard InChI is InChI=1S/C11H16N4O2S2/c1-14-4-5-15(9(6-12)8-14)19(16,17)11-3-2-10(7-13)18-11/h2-3,9H,4-6,8,12H2,1H3. The van der Waals surface area contributed by atoms with Crippen molar-refractivity contribution in [2.45, 2.75) is 10.3 Å². The van der Waals surface area contributed by atoms with Crippen LogP contribution < -0.4 is 5.73 Å². The molecule has 0 radical (unpaired) electrons. The van der Waals surface area contributed by atoms with E-state index in [0.717, 1.165) is 11.3 Å². The molecule has 0 spiro atoms. The van der Waals surface area contributed by atoms with Gasteiger partial charge in [0.1, 0.15) is 15.2 Å². The van der Waals surface area contributed by atoms with E-state index in [1.807, 2.05) is 13.1 Å². The predicted molar refractivity (Wildman–Crippen MR) is 73.3 cm³/mol. The van der Waals surface area contributed by atoms with Crippen molar-refractivity contribution in [1.29, 1.82) is 5.26 Å². The molecule has 8 heteroatoms. The van der Waals surface area contributed by atoms with E-state index in [1.54, 1.807) is 0 Å². The minimum atomic E-state index is -3.54. The first-order valence-electron chi connectivity index (χ1n) is 5.89. The number of sulfonamides is 1. The molecule has 1 aliphatic rings. The van der Waals surface area contributed by atoms with Gasteiger partial charge < -0.3 is 10.6 Å². The molecule has 1 fully saturated rings. The minimum Gasteiger partial charge on any atom is -0.329 e. The van der Waals surface area contributed by atoms with E-state index in [-0.39, 0.29) is 10.3 Å². The molecule has 0 aliphatic carbocycles. The van der Waals surface area contributed by atoms with Gasteiger partial charge in [0.25, 0.3) is 10.0 Å². The largest absolute Gasteiger partial charge is 0.329 e. The summed E-state index contributed by atoms with van der Waals surface area (Å²) in [5.74, 6) is 0. The van der Waals surface area contributed by atoms with Crippen LogP contribution in [0.25, 0.3) is 0 Å². The summed E-state index contributed by atoms with van der Waals surface area (Å²) in [6, 6.07) is 4.77. The Morgan fingerprint density at radius 2 is 2.26 bits per heavy atom. The molecule has 19 heavy (non-hydrogen) atoms. The first-order valence-corrected chi connectivity index (χ1v) is 8.15. The first-order chi connectivity index (χ1) is 8.98. The van der Waals surface area contributed by atoms with Gasteiger partial charge in [0.2, 0.25) is 0 Å². The van der Waals surface area contributed by atoms with Gasteiger partial charge in [-0.2, -0.15) is 9.57 Å². The van der Waals surface area contributed by atoms with Gasteiger partial charge in [0.05, 0.1) is 6.04 Å². The summed E-state index contributed by atoms with van der Waals surface area (Å²) < 4.78 is 26.8. The monoisotopic (exact) mass is 300 g/mol. The molecule has 0 bridgehead atoms. The van der Waals surface area contributed by atoms with Crippen molar-refractivity contribution in [3.63, 3.8) is 0 Å². The van der Waals surface area contributed by atoms with Gasteiger partial charge in [-0.25, -0.2) is 8.42 Å². The van der Waals surface area contributed by atoms with Crippen LogP contribution in [-0.2, 0) is 10.0 Å². The van der Waals surface area contributed by atoms with Crippen molar-refractivity contribution in [1.82, 2.24) is 9.21 Å². The van der Waals surface area contributed by atoms with Crippen LogP contribution in [0.15, 0.2) is 16.3 Å². The molecule has 1 atom stereocenters. The van der Waals surface area contributed by atoms with Crippen LogP contribution in [0.3, 0.4) is 0 Å². The topological polar surface area (TPSA) is 90.4 Å². The number of likely N-dealkylation sites (N-methyl/N-ethyl adjacent to an activating group) is 1. The van der Waals surface area contributed by atoms with Crippen LogP contribution in [0, 0.1) is 11.3 Å². The normalized spacial score (nSPS) is 22.3. The smallest absolute Gasteiger partial charge is 0.252 e. The van der Waals surface area contributed by atoms with Crippen molar-refractivity contribution in [2.24, 2.45) is 5.73 Å². The third-order valence-corrected chi connectivity index (χ3v) is 6.57. The van der Waals surface area contributed by atoms with Crippen LogP contribution in [0.2, 0.25) is 0 Å². The zero-order chi connectivity index (χ0) is 14.0. The molecule has 1 aliphatic heterocycles. The average molecular weight is 300 g/mol. The lowest BCUT2D eigenvalue weighted by Gasteiger charge is -2.38. The molecular formula is C11H16N4O2S2. The molecule has 1 aromatic rings. The zero-order valence-electron chi connectivity index (χ0n) is 10.6. The van der Waals surface area contributed by atoms with Crippen molar-refractivity contribution < 1.29 is 8.42 Å². The highest BCUT2D eigenvalue weighted by Gasteiger charge is 2.35. The highest BCUT2D eigenvalue weighted by Crippen LogP contribution is 2.26. The predicted octanol–water partition coefficient (Wildman–Crippen LogP) is -0.117. The average Bonchev–Trinajstić information content (AvgIpc) is 2.87. The van der Waals surface area contributed by atoms with Gasteiger partial charge >= 0.3 is 0 Å². The van der Waals surface area contributed by atoms with Crippen LogP contribution >= 0.6 is 11.3 Å². The van der Waals surface area contributed by atoms with Crippen LogP contribution in [-0.4, -0.2) is 56.9 Å². The van der Waals surface area contributed by atoms with E-state index in [4.69, 9.17) is 11.0 Å². The second-order valence-electron chi connectivity index (χ2n) is 4.50. The summed E-state index contributed by atoms with van der Waals surface area (Å²) >= 11 is 1.00. The number of hydrogen-bond acceptors (Lipinski definition) is 6. The molecule has 2 heterocycles. The molecule has 1 saturated heterocycles. The van der Waals surface area contributed by atoms with Gasteiger partial charge in [-0.3, -0.25) is 0 Å². The number of thiophene rings is 1. The summed E-state index contributed by atoms with van der Waals surface area (Å²) in [5, 5.41) is 8.79. The van der Waals surface area contributed by atoms with Crippen LogP contribution in [0.1, 0.15) is 4.88 Å². The summed E-state index contributed by atoms with van der Waals surface area (Å²) in [5.41, 5.74) is 5.68. The Balaban J connectivity index is 2.30. The van der Waals surface area contributed by atoms with E-state index in [2.05, 4.69) is 4.90 Å². The van der Waals surface area contributed by atoms with Crippen molar-refractivity contribution in [3.05, 3.63) is 17.0 Å². The van der Waals surface area contributed by atoms with Crippen molar-refractivity contribution in [3.8, 4) is 6.07 Å². The maximum Gasteiger partial charge on any atom is 0.252 e. The maximum absolute atomic E-state index is 12.5. The summed E-state index contributed by atoms with van der Waals surface area (Å²) in [4.78, 5) is 2.47. The summed E-state index contributed by atoms with van der Waals surface area (Å²) in [7, 11) is -1.59. The Kier molecular flexibility index (Phi) is 4.23. The Labute approximate surface area is 117 Å². The Hall–Kier alpha value is -0.980. The van der Waals surface area contributed by atoms with Gasteiger partial charge in [-0.15, -0.1) is 11.3 Å².